The zero-order chi connectivity index (χ0) is 27.3. The van der Waals surface area contributed by atoms with Gasteiger partial charge in [-0.2, -0.15) is 12.6 Å². The number of nitrogens with two attached hydrogens (primary N) is 5. The maximum Gasteiger partial charge on any atom is 0.326 e. The highest BCUT2D eigenvalue weighted by Crippen LogP contribution is 2.20. The van der Waals surface area contributed by atoms with Crippen LogP contribution in [0.4, 0.5) is 0 Å². The zero-order valence-electron chi connectivity index (χ0n) is 20.1. The third-order valence-electron chi connectivity index (χ3n) is 5.49. The maximum absolute atomic E-state index is 13.3. The number of aliphatic carboxylic acids is 1. The van der Waals surface area contributed by atoms with E-state index in [-0.39, 0.29) is 50.1 Å². The lowest BCUT2D eigenvalue weighted by atomic mass is 10.1. The predicted octanol–water partition coefficient (Wildman–Crippen LogP) is -3.60. The van der Waals surface area contributed by atoms with E-state index in [9.17, 15) is 24.3 Å². The Balaban J connectivity index is 3.04. The molecule has 0 spiro atoms. The third kappa shape index (κ3) is 10.6. The van der Waals surface area contributed by atoms with Crippen molar-refractivity contribution in [3.8, 4) is 0 Å². The summed E-state index contributed by atoms with van der Waals surface area (Å²) in [5, 5.41) is 14.7. The van der Waals surface area contributed by atoms with E-state index < -0.39 is 47.9 Å². The van der Waals surface area contributed by atoms with Gasteiger partial charge in [0.1, 0.15) is 18.1 Å². The number of carbonyl (C=O) groups excluding carboxylic acids is 3. The van der Waals surface area contributed by atoms with Crippen LogP contribution in [0.2, 0.25) is 0 Å². The number of hydrogen-bond donors (Lipinski definition) is 9. The summed E-state index contributed by atoms with van der Waals surface area (Å²) in [5.41, 5.74) is 27.0. The van der Waals surface area contributed by atoms with Gasteiger partial charge in [0, 0.05) is 25.4 Å². The number of nitrogens with one attached hydrogen (secondary N) is 2. The summed E-state index contributed by atoms with van der Waals surface area (Å²) in [6, 6.07) is -4.01. The van der Waals surface area contributed by atoms with Gasteiger partial charge in [0.25, 0.3) is 0 Å². The number of amides is 3. The molecule has 1 heterocycles. The monoisotopic (exact) mass is 530 g/mol. The Bertz CT molecular complexity index is 832. The molecule has 0 bridgehead atoms. The number of carboxylic acids is 1. The first kappa shape index (κ1) is 30.8. The fourth-order valence-corrected chi connectivity index (χ4v) is 3.82. The van der Waals surface area contributed by atoms with Gasteiger partial charge >= 0.3 is 5.97 Å². The minimum atomic E-state index is -1.11. The Morgan fingerprint density at radius 3 is 1.97 bits per heavy atom. The summed E-state index contributed by atoms with van der Waals surface area (Å²) in [4.78, 5) is 59.3. The highest BCUT2D eigenvalue weighted by Gasteiger charge is 2.38. The fraction of sp³-hybridized carbons (Fsp3) is 0.700. The van der Waals surface area contributed by atoms with E-state index in [0.29, 0.717) is 25.7 Å². The van der Waals surface area contributed by atoms with Gasteiger partial charge in [0.05, 0.1) is 6.04 Å². The van der Waals surface area contributed by atoms with Crippen molar-refractivity contribution in [2.45, 2.75) is 62.7 Å². The first-order valence-corrected chi connectivity index (χ1v) is 12.2. The first-order valence-electron chi connectivity index (χ1n) is 11.6. The topological polar surface area (TPSA) is 271 Å². The molecule has 16 heteroatoms. The number of thiol groups is 1. The number of guanidine groups is 2. The molecule has 0 saturated carbocycles. The molecule has 1 aliphatic rings. The van der Waals surface area contributed by atoms with Crippen LogP contribution in [-0.4, -0.2) is 95.2 Å². The molecule has 204 valence electrons. The second kappa shape index (κ2) is 15.7. The number of rotatable bonds is 15. The van der Waals surface area contributed by atoms with E-state index in [1.165, 1.54) is 4.90 Å². The second-order valence-corrected chi connectivity index (χ2v) is 8.70. The summed E-state index contributed by atoms with van der Waals surface area (Å²) >= 11 is 4.00. The highest BCUT2D eigenvalue weighted by molar-refractivity contribution is 7.80. The molecule has 1 aliphatic heterocycles. The second-order valence-electron chi connectivity index (χ2n) is 8.34. The normalized spacial score (nSPS) is 17.4. The van der Waals surface area contributed by atoms with Crippen LogP contribution in [0.25, 0.3) is 0 Å². The van der Waals surface area contributed by atoms with Gasteiger partial charge in [-0.1, -0.05) is 0 Å². The van der Waals surface area contributed by atoms with Crippen LogP contribution >= 0.6 is 12.6 Å². The molecule has 15 nitrogen and oxygen atoms in total. The van der Waals surface area contributed by atoms with Crippen LogP contribution in [0.1, 0.15) is 38.5 Å². The van der Waals surface area contributed by atoms with Crippen LogP contribution < -0.4 is 39.3 Å². The SMILES string of the molecule is NC(N)=NCCC[C@H](NC(=O)[C@@H](N)CS)C(=O)N[C@@H](CCCN=C(N)N)C(=O)N1CCC[C@H]1C(=O)O. The number of carbonyl (C=O) groups is 4. The van der Waals surface area contributed by atoms with Crippen LogP contribution in [0, 0.1) is 0 Å². The van der Waals surface area contributed by atoms with Gasteiger partial charge in [-0.25, -0.2) is 4.79 Å². The van der Waals surface area contributed by atoms with Gasteiger partial charge in [0.15, 0.2) is 11.9 Å². The van der Waals surface area contributed by atoms with E-state index in [4.69, 9.17) is 28.7 Å². The maximum atomic E-state index is 13.3. The predicted molar refractivity (Wildman–Crippen MR) is 138 cm³/mol. The Labute approximate surface area is 215 Å². The molecule has 0 aromatic heterocycles. The highest BCUT2D eigenvalue weighted by atomic mass is 32.1. The Morgan fingerprint density at radius 2 is 1.47 bits per heavy atom. The van der Waals surface area contributed by atoms with Crippen molar-refractivity contribution in [2.24, 2.45) is 38.7 Å². The lowest BCUT2D eigenvalue weighted by Gasteiger charge is -2.29. The van der Waals surface area contributed by atoms with Crippen LogP contribution in [0.5, 0.6) is 0 Å². The summed E-state index contributed by atoms with van der Waals surface area (Å²) in [5.74, 6) is -3.03. The number of carboxylic acid groups (broad SMARTS) is 1. The molecule has 4 atom stereocenters. The summed E-state index contributed by atoms with van der Waals surface area (Å²) in [6.07, 6.45) is 1.84. The van der Waals surface area contributed by atoms with E-state index in [0.717, 1.165) is 0 Å². The molecule has 3 amide bonds. The summed E-state index contributed by atoms with van der Waals surface area (Å²) < 4.78 is 0. The first-order chi connectivity index (χ1) is 17.0. The lowest BCUT2D eigenvalue weighted by Crippen LogP contribution is -2.57. The van der Waals surface area contributed by atoms with Gasteiger partial charge in [-0.15, -0.1) is 0 Å². The Morgan fingerprint density at radius 1 is 0.944 bits per heavy atom. The lowest BCUT2D eigenvalue weighted by molar-refractivity contribution is -0.149. The molecule has 0 radical (unpaired) electrons. The minimum absolute atomic E-state index is 0.0611. The number of hydrogen-bond acceptors (Lipinski definition) is 8. The van der Waals surface area contributed by atoms with Gasteiger partial charge in [-0.3, -0.25) is 24.4 Å². The van der Waals surface area contributed by atoms with Crippen molar-refractivity contribution in [3.05, 3.63) is 0 Å². The summed E-state index contributed by atoms with van der Waals surface area (Å²) in [6.45, 7) is 0.681. The van der Waals surface area contributed by atoms with Crippen LogP contribution in [0.3, 0.4) is 0 Å². The number of nitrogens with zero attached hydrogens (tertiary/aromatic N) is 3. The quantitative estimate of drug-likeness (QED) is 0.0434. The van der Waals surface area contributed by atoms with E-state index in [1.54, 1.807) is 0 Å². The fourth-order valence-electron chi connectivity index (χ4n) is 3.65. The molecule has 0 aliphatic carbocycles. The van der Waals surface area contributed by atoms with Crippen molar-refractivity contribution in [2.75, 3.05) is 25.4 Å². The zero-order valence-corrected chi connectivity index (χ0v) is 21.0. The Kier molecular flexibility index (Phi) is 13.4. The Hall–Kier alpha value is -3.27. The van der Waals surface area contributed by atoms with Crippen molar-refractivity contribution >= 4 is 48.2 Å². The molecule has 0 aromatic carbocycles. The molecular weight excluding hydrogens is 492 g/mol. The third-order valence-corrected chi connectivity index (χ3v) is 5.89. The van der Waals surface area contributed by atoms with Crippen molar-refractivity contribution in [1.82, 2.24) is 15.5 Å². The standard InChI is InChI=1S/C20H38N10O5S/c21-11(10-36)15(31)28-12(4-1-7-26-19(22)23)16(32)29-13(5-2-8-27-20(24)25)17(33)30-9-3-6-14(30)18(34)35/h11-14,36H,1-10,21H2,(H,28,31)(H,29,32)(H,34,35)(H4,22,23,26)(H4,24,25,27)/t11-,12-,13-,14-/m0/s1. The van der Waals surface area contributed by atoms with Crippen LogP contribution in [0.15, 0.2) is 9.98 Å². The van der Waals surface area contributed by atoms with E-state index >= 15 is 0 Å². The molecule has 0 aromatic rings. The number of aliphatic imine (C=N–C) groups is 2. The van der Waals surface area contributed by atoms with Crippen molar-refractivity contribution in [3.63, 3.8) is 0 Å². The smallest absolute Gasteiger partial charge is 0.326 e. The van der Waals surface area contributed by atoms with Gasteiger partial charge in [0.2, 0.25) is 17.7 Å². The van der Waals surface area contributed by atoms with E-state index in [1.807, 2.05) is 0 Å². The molecule has 0 unspecified atom stereocenters. The average molecular weight is 531 g/mol. The largest absolute Gasteiger partial charge is 0.480 e. The molecule has 13 N–H and O–H groups in total. The van der Waals surface area contributed by atoms with Gasteiger partial charge < -0.3 is 49.3 Å². The average Bonchev–Trinajstić information content (AvgIpc) is 3.31. The summed E-state index contributed by atoms with van der Waals surface area (Å²) in [7, 11) is 0. The van der Waals surface area contributed by atoms with Crippen molar-refractivity contribution in [1.29, 1.82) is 0 Å². The molecule has 1 fully saturated rings. The molecule has 1 rings (SSSR count). The molecular formula is C20H38N10O5S. The molecule has 36 heavy (non-hydrogen) atoms. The van der Waals surface area contributed by atoms with Crippen molar-refractivity contribution < 1.29 is 24.3 Å². The van der Waals surface area contributed by atoms with Crippen LogP contribution in [-0.2, 0) is 19.2 Å². The molecule has 1 saturated heterocycles. The number of likely N-dealkylation sites (tertiary alicyclic amines) is 1. The minimum Gasteiger partial charge on any atom is -0.480 e. The van der Waals surface area contributed by atoms with Gasteiger partial charge in [-0.05, 0) is 38.5 Å². The van der Waals surface area contributed by atoms with E-state index in [2.05, 4.69) is 33.2 Å².